The number of nitrogens with zero attached hydrogens (tertiary/aromatic N) is 1. The van der Waals surface area contributed by atoms with Gasteiger partial charge in [-0.1, -0.05) is 23.8 Å². The van der Waals surface area contributed by atoms with E-state index in [4.69, 9.17) is 4.74 Å². The van der Waals surface area contributed by atoms with E-state index in [1.54, 1.807) is 11.4 Å². The number of halogens is 1. The Morgan fingerprint density at radius 3 is 2.59 bits per heavy atom. The monoisotopic (exact) mass is 553 g/mol. The van der Waals surface area contributed by atoms with E-state index in [1.807, 2.05) is 38.1 Å². The lowest BCUT2D eigenvalue weighted by molar-refractivity contribution is 0.206. The van der Waals surface area contributed by atoms with Crippen molar-refractivity contribution < 1.29 is 18.3 Å². The average molecular weight is 553 g/mol. The van der Waals surface area contributed by atoms with E-state index in [2.05, 4.69) is 15.6 Å². The number of aliphatic hydroxyl groups is 1. The van der Waals surface area contributed by atoms with Crippen molar-refractivity contribution >= 4 is 51.1 Å². The summed E-state index contributed by atoms with van der Waals surface area (Å²) in [5.41, 5.74) is 1.17. The Balaban J connectivity index is 0.00000420. The highest BCUT2D eigenvalue weighted by Gasteiger charge is 2.20. The third kappa shape index (κ3) is 9.32. The van der Waals surface area contributed by atoms with E-state index in [0.29, 0.717) is 25.7 Å². The number of aryl methyl sites for hydroxylation is 1. The van der Waals surface area contributed by atoms with E-state index in [-0.39, 0.29) is 40.5 Å². The molecule has 0 bridgehead atoms. The predicted octanol–water partition coefficient (Wildman–Crippen LogP) is 2.44. The van der Waals surface area contributed by atoms with Gasteiger partial charge in [-0.2, -0.15) is 0 Å². The molecule has 0 aliphatic rings. The Morgan fingerprint density at radius 2 is 1.97 bits per heavy atom. The van der Waals surface area contributed by atoms with Gasteiger partial charge in [-0.15, -0.1) is 35.3 Å². The molecule has 0 aliphatic carbocycles. The van der Waals surface area contributed by atoms with Crippen LogP contribution >= 0.6 is 35.3 Å². The second-order valence-electron chi connectivity index (χ2n) is 6.18. The second-order valence-corrected chi connectivity index (χ2v) is 9.38. The first-order chi connectivity index (χ1) is 13.4. The van der Waals surface area contributed by atoms with Gasteiger partial charge in [-0.05, 0) is 37.4 Å². The molecule has 1 aromatic carbocycles. The molecule has 7 nitrogen and oxygen atoms in total. The number of hydrogen-bond acceptors (Lipinski definition) is 6. The Kier molecular flexibility index (Phi) is 11.5. The van der Waals surface area contributed by atoms with Gasteiger partial charge < -0.3 is 20.5 Å². The topological polar surface area (TPSA) is 100 Å². The molecule has 2 aromatic rings. The van der Waals surface area contributed by atoms with Crippen molar-refractivity contribution in [3.8, 4) is 5.75 Å². The Hall–Kier alpha value is -1.37. The molecule has 0 amide bonds. The summed E-state index contributed by atoms with van der Waals surface area (Å²) in [6.07, 6.45) is -1.08. The fourth-order valence-electron chi connectivity index (χ4n) is 2.34. The summed E-state index contributed by atoms with van der Waals surface area (Å²) < 4.78 is 30.3. The summed E-state index contributed by atoms with van der Waals surface area (Å²) in [6, 6.07) is 11.0. The fourth-order valence-corrected chi connectivity index (χ4v) is 4.81. The third-order valence-electron chi connectivity index (χ3n) is 3.70. The van der Waals surface area contributed by atoms with Gasteiger partial charge in [0.25, 0.3) is 0 Å². The van der Waals surface area contributed by atoms with E-state index >= 15 is 0 Å². The molecule has 1 heterocycles. The van der Waals surface area contributed by atoms with Crippen molar-refractivity contribution in [2.75, 3.05) is 32.0 Å². The van der Waals surface area contributed by atoms with Crippen LogP contribution in [0.3, 0.4) is 0 Å². The van der Waals surface area contributed by atoms with Crippen molar-refractivity contribution in [2.45, 2.75) is 24.2 Å². The third-order valence-corrected chi connectivity index (χ3v) is 6.99. The van der Waals surface area contributed by atoms with Gasteiger partial charge in [-0.25, -0.2) is 8.42 Å². The normalized spacial score (nSPS) is 12.7. The number of nitrogens with one attached hydrogen (secondary N) is 2. The number of aliphatic hydroxyl groups excluding tert-OH is 1. The minimum Gasteiger partial charge on any atom is -0.492 e. The van der Waals surface area contributed by atoms with E-state index < -0.39 is 15.9 Å². The Bertz CT molecular complexity index is 841. The van der Waals surface area contributed by atoms with Crippen LogP contribution in [-0.4, -0.2) is 57.6 Å². The summed E-state index contributed by atoms with van der Waals surface area (Å²) in [6.45, 7) is 5.54. The maximum Gasteiger partial charge on any atom is 0.191 e. The molecule has 1 unspecified atom stereocenters. The zero-order valence-electron chi connectivity index (χ0n) is 16.5. The number of hydrogen-bond donors (Lipinski definition) is 3. The quantitative estimate of drug-likeness (QED) is 0.181. The maximum atomic E-state index is 12.2. The molecule has 1 atom stereocenters. The molecule has 0 aliphatic heterocycles. The number of sulfone groups is 1. The van der Waals surface area contributed by atoms with Crippen LogP contribution < -0.4 is 15.4 Å². The SMILES string of the molecule is CCNC(=NCC(O)CS(=O)(=O)c1cccs1)NCCOc1ccc(C)cc1.I. The van der Waals surface area contributed by atoms with E-state index in [0.717, 1.165) is 17.1 Å². The number of thiophene rings is 1. The number of benzene rings is 1. The van der Waals surface area contributed by atoms with Gasteiger partial charge in [0, 0.05) is 6.54 Å². The lowest BCUT2D eigenvalue weighted by Crippen LogP contribution is -2.40. The van der Waals surface area contributed by atoms with Gasteiger partial charge in [0.05, 0.1) is 24.9 Å². The van der Waals surface area contributed by atoms with Crippen molar-refractivity contribution in [1.29, 1.82) is 0 Å². The molecule has 1 aromatic heterocycles. The smallest absolute Gasteiger partial charge is 0.191 e. The zero-order valence-corrected chi connectivity index (χ0v) is 20.5. The predicted molar refractivity (Wildman–Crippen MR) is 128 cm³/mol. The summed E-state index contributed by atoms with van der Waals surface area (Å²) in [5.74, 6) is 0.943. The van der Waals surface area contributed by atoms with Crippen LogP contribution in [-0.2, 0) is 9.84 Å². The first kappa shape index (κ1) is 25.7. The van der Waals surface area contributed by atoms with Crippen LogP contribution in [0.1, 0.15) is 12.5 Å². The Morgan fingerprint density at radius 1 is 1.24 bits per heavy atom. The second kappa shape index (κ2) is 13.0. The lowest BCUT2D eigenvalue weighted by atomic mass is 10.2. The van der Waals surface area contributed by atoms with Gasteiger partial charge in [0.2, 0.25) is 0 Å². The van der Waals surface area contributed by atoms with Crippen LogP contribution in [0.4, 0.5) is 0 Å². The maximum absolute atomic E-state index is 12.2. The molecule has 29 heavy (non-hydrogen) atoms. The minimum atomic E-state index is -3.49. The van der Waals surface area contributed by atoms with Crippen molar-refractivity contribution in [3.63, 3.8) is 0 Å². The first-order valence-corrected chi connectivity index (χ1v) is 11.6. The van der Waals surface area contributed by atoms with Crippen molar-refractivity contribution in [1.82, 2.24) is 10.6 Å². The summed E-state index contributed by atoms with van der Waals surface area (Å²) >= 11 is 1.14. The van der Waals surface area contributed by atoms with Gasteiger partial charge >= 0.3 is 0 Å². The van der Waals surface area contributed by atoms with E-state index in [9.17, 15) is 13.5 Å². The van der Waals surface area contributed by atoms with Crippen molar-refractivity contribution in [2.24, 2.45) is 4.99 Å². The molecule has 0 saturated heterocycles. The van der Waals surface area contributed by atoms with Crippen molar-refractivity contribution in [3.05, 3.63) is 47.3 Å². The molecule has 0 saturated carbocycles. The zero-order chi connectivity index (χ0) is 20.4. The number of aliphatic imine (C=N–C) groups is 1. The largest absolute Gasteiger partial charge is 0.492 e. The van der Waals surface area contributed by atoms with Crippen LogP contribution in [0.15, 0.2) is 51.0 Å². The highest BCUT2D eigenvalue weighted by Crippen LogP contribution is 2.18. The molecular weight excluding hydrogens is 525 g/mol. The van der Waals surface area contributed by atoms with Gasteiger partial charge in [-0.3, -0.25) is 4.99 Å². The van der Waals surface area contributed by atoms with E-state index in [1.165, 1.54) is 11.6 Å². The Labute approximate surface area is 193 Å². The average Bonchev–Trinajstić information content (AvgIpc) is 3.20. The van der Waals surface area contributed by atoms with Crippen LogP contribution in [0.25, 0.3) is 0 Å². The van der Waals surface area contributed by atoms with Crippen LogP contribution in [0.5, 0.6) is 5.75 Å². The lowest BCUT2D eigenvalue weighted by Gasteiger charge is -2.13. The van der Waals surface area contributed by atoms with Gasteiger partial charge in [0.1, 0.15) is 16.6 Å². The summed E-state index contributed by atoms with van der Waals surface area (Å²) in [4.78, 5) is 4.26. The molecule has 162 valence electrons. The number of guanidine groups is 1. The van der Waals surface area contributed by atoms with Gasteiger partial charge in [0.15, 0.2) is 15.8 Å². The molecule has 0 spiro atoms. The van der Waals surface area contributed by atoms with Crippen LogP contribution in [0.2, 0.25) is 0 Å². The highest BCUT2D eigenvalue weighted by molar-refractivity contribution is 14.0. The highest BCUT2D eigenvalue weighted by atomic mass is 127. The number of rotatable bonds is 10. The fraction of sp³-hybridized carbons (Fsp3) is 0.421. The first-order valence-electron chi connectivity index (χ1n) is 9.06. The summed E-state index contributed by atoms with van der Waals surface area (Å²) in [7, 11) is -3.49. The molecular formula is C19H28IN3O4S2. The molecule has 10 heteroatoms. The molecule has 0 fully saturated rings. The molecule has 3 N–H and O–H groups in total. The van der Waals surface area contributed by atoms with Crippen LogP contribution in [0, 0.1) is 6.92 Å². The standard InChI is InChI=1S/C19H27N3O4S2.HI/c1-3-20-19(21-10-11-26-17-8-6-15(2)7-9-17)22-13-16(23)14-28(24,25)18-5-4-12-27-18;/h4-9,12,16,23H,3,10-11,13-14H2,1-2H3,(H2,20,21,22);1H. The molecule has 2 rings (SSSR count). The summed E-state index contributed by atoms with van der Waals surface area (Å²) in [5, 5.41) is 17.9. The molecule has 0 radical (unpaired) electrons. The number of ether oxygens (including phenoxy) is 1. The minimum absolute atomic E-state index is 0.